The Morgan fingerprint density at radius 2 is 2.35 bits per heavy atom. The highest BCUT2D eigenvalue weighted by molar-refractivity contribution is 5.32. The molecule has 1 aliphatic heterocycles. The zero-order valence-corrected chi connectivity index (χ0v) is 10.7. The zero-order valence-electron chi connectivity index (χ0n) is 10.7. The second-order valence-corrected chi connectivity index (χ2v) is 4.88. The van der Waals surface area contributed by atoms with Gasteiger partial charge in [-0.1, -0.05) is 12.5 Å². The molecule has 1 aliphatic rings. The highest BCUT2D eigenvalue weighted by Crippen LogP contribution is 2.16. The first kappa shape index (κ1) is 12.4. The van der Waals surface area contributed by atoms with Crippen molar-refractivity contribution in [3.8, 4) is 0 Å². The third kappa shape index (κ3) is 4.00. The number of nitrogens with one attached hydrogen (secondary N) is 1. The Bertz CT molecular complexity index is 313. The van der Waals surface area contributed by atoms with Gasteiger partial charge < -0.3 is 10.2 Å². The van der Waals surface area contributed by atoms with Crippen LogP contribution in [0.25, 0.3) is 0 Å². The van der Waals surface area contributed by atoms with Crippen LogP contribution in [0.3, 0.4) is 0 Å². The SMILES string of the molecule is C[C@H]1CCCCN1CCCNc1ccccn1. The summed E-state index contributed by atoms with van der Waals surface area (Å²) in [5, 5.41) is 3.36. The minimum absolute atomic E-state index is 0.776. The summed E-state index contributed by atoms with van der Waals surface area (Å²) in [7, 11) is 0. The fourth-order valence-corrected chi connectivity index (χ4v) is 2.46. The van der Waals surface area contributed by atoms with Crippen LogP contribution in [0.2, 0.25) is 0 Å². The summed E-state index contributed by atoms with van der Waals surface area (Å²) >= 11 is 0. The lowest BCUT2D eigenvalue weighted by molar-refractivity contribution is 0.160. The first-order valence-corrected chi connectivity index (χ1v) is 6.75. The van der Waals surface area contributed by atoms with Crippen molar-refractivity contribution in [1.82, 2.24) is 9.88 Å². The maximum absolute atomic E-state index is 4.25. The molecule has 0 spiro atoms. The quantitative estimate of drug-likeness (QED) is 0.793. The number of anilines is 1. The van der Waals surface area contributed by atoms with E-state index < -0.39 is 0 Å². The van der Waals surface area contributed by atoms with Crippen molar-refractivity contribution in [2.24, 2.45) is 0 Å². The number of hydrogen-bond acceptors (Lipinski definition) is 3. The molecule has 0 bridgehead atoms. The van der Waals surface area contributed by atoms with E-state index >= 15 is 0 Å². The van der Waals surface area contributed by atoms with Crippen molar-refractivity contribution >= 4 is 5.82 Å². The highest BCUT2D eigenvalue weighted by Gasteiger charge is 2.16. The molecule has 1 aromatic heterocycles. The molecular weight excluding hydrogens is 210 g/mol. The third-order valence-corrected chi connectivity index (χ3v) is 3.53. The molecule has 1 fully saturated rings. The molecule has 0 aromatic carbocycles. The fourth-order valence-electron chi connectivity index (χ4n) is 2.46. The van der Waals surface area contributed by atoms with Gasteiger partial charge in [0.05, 0.1) is 0 Å². The number of piperidine rings is 1. The van der Waals surface area contributed by atoms with Crippen molar-refractivity contribution in [2.75, 3.05) is 25.0 Å². The molecule has 0 radical (unpaired) electrons. The summed E-state index contributed by atoms with van der Waals surface area (Å²) in [4.78, 5) is 6.87. The molecule has 3 heteroatoms. The second-order valence-electron chi connectivity index (χ2n) is 4.88. The maximum atomic E-state index is 4.25. The average Bonchev–Trinajstić information content (AvgIpc) is 2.38. The lowest BCUT2D eigenvalue weighted by Gasteiger charge is -2.33. The number of nitrogens with zero attached hydrogens (tertiary/aromatic N) is 2. The predicted molar refractivity (Wildman–Crippen MR) is 72.2 cm³/mol. The second kappa shape index (κ2) is 6.60. The summed E-state index contributed by atoms with van der Waals surface area (Å²) in [5.41, 5.74) is 0. The van der Waals surface area contributed by atoms with Gasteiger partial charge in [0.1, 0.15) is 5.82 Å². The number of likely N-dealkylation sites (tertiary alicyclic amines) is 1. The first-order chi connectivity index (χ1) is 8.36. The van der Waals surface area contributed by atoms with E-state index in [1.807, 2.05) is 24.4 Å². The Morgan fingerprint density at radius 3 is 3.12 bits per heavy atom. The molecule has 1 N–H and O–H groups in total. The van der Waals surface area contributed by atoms with Crippen LogP contribution in [0.15, 0.2) is 24.4 Å². The molecule has 3 nitrogen and oxygen atoms in total. The zero-order chi connectivity index (χ0) is 11.9. The van der Waals surface area contributed by atoms with E-state index in [9.17, 15) is 0 Å². The van der Waals surface area contributed by atoms with E-state index in [1.54, 1.807) is 0 Å². The number of hydrogen-bond donors (Lipinski definition) is 1. The van der Waals surface area contributed by atoms with Crippen LogP contribution in [0.1, 0.15) is 32.6 Å². The van der Waals surface area contributed by atoms with Crippen LogP contribution < -0.4 is 5.32 Å². The largest absolute Gasteiger partial charge is 0.370 e. The van der Waals surface area contributed by atoms with Crippen LogP contribution in [0.5, 0.6) is 0 Å². The number of pyridine rings is 1. The van der Waals surface area contributed by atoms with Gasteiger partial charge in [-0.05, 0) is 44.9 Å². The van der Waals surface area contributed by atoms with E-state index in [0.29, 0.717) is 0 Å². The summed E-state index contributed by atoms with van der Waals surface area (Å²) in [6, 6.07) is 6.75. The van der Waals surface area contributed by atoms with Crippen molar-refractivity contribution in [3.05, 3.63) is 24.4 Å². The van der Waals surface area contributed by atoms with Crippen LogP contribution in [-0.4, -0.2) is 35.6 Å². The van der Waals surface area contributed by atoms with Crippen molar-refractivity contribution in [2.45, 2.75) is 38.6 Å². The Balaban J connectivity index is 1.63. The van der Waals surface area contributed by atoms with Crippen LogP contribution in [0.4, 0.5) is 5.82 Å². The van der Waals surface area contributed by atoms with Crippen molar-refractivity contribution in [3.63, 3.8) is 0 Å². The van der Waals surface area contributed by atoms with E-state index in [2.05, 4.69) is 22.1 Å². The molecule has 0 amide bonds. The highest BCUT2D eigenvalue weighted by atomic mass is 15.2. The van der Waals surface area contributed by atoms with E-state index in [4.69, 9.17) is 0 Å². The molecular formula is C14H23N3. The topological polar surface area (TPSA) is 28.2 Å². The number of rotatable bonds is 5. The summed E-state index contributed by atoms with van der Waals surface area (Å²) in [6.45, 7) is 5.86. The van der Waals surface area contributed by atoms with Gasteiger partial charge in [-0.15, -0.1) is 0 Å². The van der Waals surface area contributed by atoms with Gasteiger partial charge in [-0.2, -0.15) is 0 Å². The first-order valence-electron chi connectivity index (χ1n) is 6.75. The Kier molecular flexibility index (Phi) is 4.80. The van der Waals surface area contributed by atoms with Gasteiger partial charge in [0, 0.05) is 25.3 Å². The van der Waals surface area contributed by atoms with Crippen molar-refractivity contribution in [1.29, 1.82) is 0 Å². The van der Waals surface area contributed by atoms with Gasteiger partial charge in [-0.3, -0.25) is 0 Å². The minimum Gasteiger partial charge on any atom is -0.370 e. The van der Waals surface area contributed by atoms with Gasteiger partial charge in [-0.25, -0.2) is 4.98 Å². The third-order valence-electron chi connectivity index (χ3n) is 3.53. The van der Waals surface area contributed by atoms with Crippen LogP contribution >= 0.6 is 0 Å². The molecule has 2 heterocycles. The Morgan fingerprint density at radius 1 is 1.41 bits per heavy atom. The van der Waals surface area contributed by atoms with E-state index in [1.165, 1.54) is 38.8 Å². The predicted octanol–water partition coefficient (Wildman–Crippen LogP) is 2.76. The molecule has 0 aliphatic carbocycles. The normalized spacial score (nSPS) is 21.4. The van der Waals surface area contributed by atoms with Crippen molar-refractivity contribution < 1.29 is 0 Å². The molecule has 1 atom stereocenters. The van der Waals surface area contributed by atoms with Gasteiger partial charge in [0.15, 0.2) is 0 Å². The minimum atomic E-state index is 0.776. The molecule has 2 rings (SSSR count). The Labute approximate surface area is 104 Å². The van der Waals surface area contributed by atoms with Gasteiger partial charge in [0.2, 0.25) is 0 Å². The Hall–Kier alpha value is -1.09. The van der Waals surface area contributed by atoms with Crippen LogP contribution in [-0.2, 0) is 0 Å². The molecule has 17 heavy (non-hydrogen) atoms. The van der Waals surface area contributed by atoms with E-state index in [-0.39, 0.29) is 0 Å². The standard InChI is InChI=1S/C14H23N3/c1-13-7-3-5-11-17(13)12-6-10-16-14-8-2-4-9-15-14/h2,4,8-9,13H,3,5-7,10-12H2,1H3,(H,15,16)/t13-/m0/s1. The fraction of sp³-hybridized carbons (Fsp3) is 0.643. The van der Waals surface area contributed by atoms with Gasteiger partial charge in [0.25, 0.3) is 0 Å². The lowest BCUT2D eigenvalue weighted by atomic mass is 10.0. The molecule has 1 aromatic rings. The average molecular weight is 233 g/mol. The molecule has 0 unspecified atom stereocenters. The molecule has 1 saturated heterocycles. The van der Waals surface area contributed by atoms with E-state index in [0.717, 1.165) is 18.4 Å². The summed E-state index contributed by atoms with van der Waals surface area (Å²) in [6.07, 6.45) is 7.17. The molecule has 94 valence electrons. The van der Waals surface area contributed by atoms with Crippen LogP contribution in [0, 0.1) is 0 Å². The maximum Gasteiger partial charge on any atom is 0.125 e. The smallest absolute Gasteiger partial charge is 0.125 e. The monoisotopic (exact) mass is 233 g/mol. The van der Waals surface area contributed by atoms with Gasteiger partial charge >= 0.3 is 0 Å². The molecule has 0 saturated carbocycles. The lowest BCUT2D eigenvalue weighted by Crippen LogP contribution is -2.38. The number of aromatic nitrogens is 1. The summed E-state index contributed by atoms with van der Waals surface area (Å²) in [5.74, 6) is 0.985. The summed E-state index contributed by atoms with van der Waals surface area (Å²) < 4.78 is 0.